The van der Waals surface area contributed by atoms with Crippen molar-refractivity contribution in [2.75, 3.05) is 20.5 Å². The zero-order valence-corrected chi connectivity index (χ0v) is 15.0. The molecule has 0 heterocycles. The fourth-order valence-electron chi connectivity index (χ4n) is 1.73. The van der Waals surface area contributed by atoms with Crippen LogP contribution < -0.4 is 0 Å². The topological polar surface area (TPSA) is 105 Å². The first-order valence-corrected chi connectivity index (χ1v) is 7.97. The van der Waals surface area contributed by atoms with Gasteiger partial charge < -0.3 is 18.9 Å². The molecule has 142 valence electrons. The summed E-state index contributed by atoms with van der Waals surface area (Å²) >= 11 is 0. The number of carbonyl (C=O) groups is 4. The van der Waals surface area contributed by atoms with E-state index < -0.39 is 24.0 Å². The first kappa shape index (κ1) is 22.8. The highest BCUT2D eigenvalue weighted by molar-refractivity contribution is 5.94. The molecule has 0 saturated heterocycles. The van der Waals surface area contributed by atoms with Crippen LogP contribution in [-0.2, 0) is 38.1 Å². The molecule has 0 N–H and O–H groups in total. The third-order valence-corrected chi connectivity index (χ3v) is 2.97. The Kier molecular flexibility index (Phi) is 11.9. The number of hydrogen-bond donors (Lipinski definition) is 0. The van der Waals surface area contributed by atoms with Crippen molar-refractivity contribution in [3.8, 4) is 0 Å². The molecular weight excluding hydrogens is 332 g/mol. The van der Waals surface area contributed by atoms with E-state index >= 15 is 0 Å². The molecule has 8 heteroatoms. The van der Waals surface area contributed by atoms with Crippen LogP contribution in [0, 0.1) is 0 Å². The van der Waals surface area contributed by atoms with Crippen molar-refractivity contribution in [3.05, 3.63) is 12.2 Å². The van der Waals surface area contributed by atoms with Gasteiger partial charge in [-0.1, -0.05) is 6.58 Å². The van der Waals surface area contributed by atoms with Gasteiger partial charge in [-0.25, -0.2) is 9.59 Å². The zero-order valence-electron chi connectivity index (χ0n) is 15.0. The largest absolute Gasteiger partial charge is 0.462 e. The van der Waals surface area contributed by atoms with Crippen LogP contribution in [0.3, 0.4) is 0 Å². The SMILES string of the molecule is C=C(CC(C)=O)C(=O)OCCCCCC(=O)OC(C)C(=O)OCOC. The molecule has 0 spiro atoms. The van der Waals surface area contributed by atoms with Gasteiger partial charge in [-0.2, -0.15) is 0 Å². The van der Waals surface area contributed by atoms with Crippen LogP contribution in [0.5, 0.6) is 0 Å². The molecule has 0 aliphatic heterocycles. The molecule has 0 saturated carbocycles. The minimum absolute atomic E-state index is 0.0182. The van der Waals surface area contributed by atoms with E-state index in [1.54, 1.807) is 0 Å². The van der Waals surface area contributed by atoms with Gasteiger partial charge in [0.1, 0.15) is 5.78 Å². The molecule has 1 atom stereocenters. The van der Waals surface area contributed by atoms with Gasteiger partial charge in [0.05, 0.1) is 6.61 Å². The van der Waals surface area contributed by atoms with Gasteiger partial charge in [0, 0.05) is 25.5 Å². The number of hydrogen-bond acceptors (Lipinski definition) is 8. The average Bonchev–Trinajstić information content (AvgIpc) is 2.54. The van der Waals surface area contributed by atoms with Crippen LogP contribution in [0.2, 0.25) is 0 Å². The number of rotatable bonds is 13. The van der Waals surface area contributed by atoms with E-state index in [0.29, 0.717) is 19.3 Å². The summed E-state index contributed by atoms with van der Waals surface area (Å²) < 4.78 is 19.1. The molecule has 0 bridgehead atoms. The number of carbonyl (C=O) groups excluding carboxylic acids is 4. The second-order valence-corrected chi connectivity index (χ2v) is 5.43. The van der Waals surface area contributed by atoms with Gasteiger partial charge >= 0.3 is 17.9 Å². The van der Waals surface area contributed by atoms with Crippen LogP contribution in [0.25, 0.3) is 0 Å². The second-order valence-electron chi connectivity index (χ2n) is 5.43. The summed E-state index contributed by atoms with van der Waals surface area (Å²) in [4.78, 5) is 45.3. The summed E-state index contributed by atoms with van der Waals surface area (Å²) in [7, 11) is 1.38. The third-order valence-electron chi connectivity index (χ3n) is 2.97. The molecule has 25 heavy (non-hydrogen) atoms. The van der Waals surface area contributed by atoms with Crippen LogP contribution >= 0.6 is 0 Å². The highest BCUT2D eigenvalue weighted by Gasteiger charge is 2.18. The quantitative estimate of drug-likeness (QED) is 0.161. The fraction of sp³-hybridized carbons (Fsp3) is 0.647. The summed E-state index contributed by atoms with van der Waals surface area (Å²) in [6.45, 7) is 6.27. The van der Waals surface area contributed by atoms with Crippen molar-refractivity contribution in [1.29, 1.82) is 0 Å². The minimum atomic E-state index is -0.990. The molecule has 0 aromatic carbocycles. The molecule has 0 aromatic heterocycles. The van der Waals surface area contributed by atoms with Gasteiger partial charge in [0.2, 0.25) is 0 Å². The Morgan fingerprint density at radius 1 is 1.04 bits per heavy atom. The summed E-state index contributed by atoms with van der Waals surface area (Å²) in [5, 5.41) is 0. The molecule has 0 aliphatic carbocycles. The lowest BCUT2D eigenvalue weighted by Crippen LogP contribution is -2.26. The summed E-state index contributed by atoms with van der Waals surface area (Å²) in [6, 6.07) is 0. The van der Waals surface area contributed by atoms with Crippen molar-refractivity contribution in [2.45, 2.75) is 52.1 Å². The number of ether oxygens (including phenoxy) is 4. The third kappa shape index (κ3) is 11.9. The number of ketones is 1. The van der Waals surface area contributed by atoms with E-state index in [4.69, 9.17) is 9.47 Å². The number of esters is 3. The predicted octanol–water partition coefficient (Wildman–Crippen LogP) is 1.70. The smallest absolute Gasteiger partial charge is 0.349 e. The zero-order chi connectivity index (χ0) is 19.2. The van der Waals surface area contributed by atoms with Gasteiger partial charge in [-0.3, -0.25) is 9.59 Å². The monoisotopic (exact) mass is 358 g/mol. The number of methoxy groups -OCH3 is 1. The first-order chi connectivity index (χ1) is 11.8. The Morgan fingerprint density at radius 2 is 1.72 bits per heavy atom. The highest BCUT2D eigenvalue weighted by Crippen LogP contribution is 2.06. The Bertz CT molecular complexity index is 483. The van der Waals surface area contributed by atoms with Crippen molar-refractivity contribution in [2.24, 2.45) is 0 Å². The van der Waals surface area contributed by atoms with E-state index in [2.05, 4.69) is 16.1 Å². The molecule has 1 unspecified atom stereocenters. The van der Waals surface area contributed by atoms with E-state index in [9.17, 15) is 19.2 Å². The predicted molar refractivity (Wildman–Crippen MR) is 87.4 cm³/mol. The van der Waals surface area contributed by atoms with Gasteiger partial charge in [0.15, 0.2) is 12.9 Å². The molecule has 0 amide bonds. The molecule has 0 radical (unpaired) electrons. The summed E-state index contributed by atoms with van der Waals surface area (Å²) in [5.74, 6) is -1.92. The molecule has 0 rings (SSSR count). The van der Waals surface area contributed by atoms with E-state index in [-0.39, 0.29) is 37.6 Å². The van der Waals surface area contributed by atoms with Crippen molar-refractivity contribution < 1.29 is 38.1 Å². The number of unbranched alkanes of at least 4 members (excludes halogenated alkanes) is 2. The second kappa shape index (κ2) is 13.1. The maximum Gasteiger partial charge on any atom is 0.349 e. The Morgan fingerprint density at radius 3 is 2.32 bits per heavy atom. The van der Waals surface area contributed by atoms with E-state index in [1.807, 2.05) is 0 Å². The minimum Gasteiger partial charge on any atom is -0.462 e. The molecule has 8 nitrogen and oxygen atoms in total. The van der Waals surface area contributed by atoms with Crippen LogP contribution in [0.15, 0.2) is 12.2 Å². The summed E-state index contributed by atoms with van der Waals surface area (Å²) in [6.07, 6.45) is 0.880. The van der Waals surface area contributed by atoms with Crippen molar-refractivity contribution in [3.63, 3.8) is 0 Å². The van der Waals surface area contributed by atoms with Crippen LogP contribution in [-0.4, -0.2) is 50.3 Å². The van der Waals surface area contributed by atoms with Crippen molar-refractivity contribution >= 4 is 23.7 Å². The lowest BCUT2D eigenvalue weighted by molar-refractivity contribution is -0.173. The standard InChI is InChI=1S/C17H26O8/c1-12(10-13(2)18)16(20)23-9-7-5-6-8-15(19)25-14(3)17(21)24-11-22-4/h14H,1,5-11H2,2-4H3. The maximum absolute atomic E-state index is 11.6. The molecular formula is C17H26O8. The highest BCUT2D eigenvalue weighted by atomic mass is 16.7. The normalized spacial score (nSPS) is 11.3. The molecule has 0 fully saturated rings. The first-order valence-electron chi connectivity index (χ1n) is 7.97. The Balaban J connectivity index is 3.75. The Hall–Kier alpha value is -2.22. The fourth-order valence-corrected chi connectivity index (χ4v) is 1.73. The lowest BCUT2D eigenvalue weighted by Gasteiger charge is -2.12. The number of Topliss-reactive ketones (excluding diaryl/α,β-unsaturated/α-hetero) is 1. The maximum atomic E-state index is 11.6. The van der Waals surface area contributed by atoms with Gasteiger partial charge in [0.25, 0.3) is 0 Å². The van der Waals surface area contributed by atoms with Gasteiger partial charge in [-0.05, 0) is 33.1 Å². The lowest BCUT2D eigenvalue weighted by atomic mass is 10.1. The molecule has 0 aromatic rings. The average molecular weight is 358 g/mol. The Labute approximate surface area is 147 Å². The van der Waals surface area contributed by atoms with E-state index in [0.717, 1.165) is 0 Å². The van der Waals surface area contributed by atoms with Gasteiger partial charge in [-0.15, -0.1) is 0 Å². The van der Waals surface area contributed by atoms with Crippen LogP contribution in [0.1, 0.15) is 46.0 Å². The van der Waals surface area contributed by atoms with E-state index in [1.165, 1.54) is 21.0 Å². The van der Waals surface area contributed by atoms with Crippen LogP contribution in [0.4, 0.5) is 0 Å². The van der Waals surface area contributed by atoms with Crippen molar-refractivity contribution in [1.82, 2.24) is 0 Å². The molecule has 0 aliphatic rings. The summed E-state index contributed by atoms with van der Waals surface area (Å²) in [5.41, 5.74) is 0.130.